The third-order valence-corrected chi connectivity index (χ3v) is 6.11. The minimum absolute atomic E-state index is 0.0903. The summed E-state index contributed by atoms with van der Waals surface area (Å²) in [5.41, 5.74) is -0.917. The molecular weight excluding hydrogens is 451 g/mol. The van der Waals surface area contributed by atoms with Crippen LogP contribution in [0.3, 0.4) is 0 Å². The molecule has 0 aromatic heterocycles. The van der Waals surface area contributed by atoms with E-state index in [1.807, 2.05) is 19.9 Å². The van der Waals surface area contributed by atoms with Crippen LogP contribution in [0.25, 0.3) is 0 Å². The fourth-order valence-corrected chi connectivity index (χ4v) is 4.16. The summed E-state index contributed by atoms with van der Waals surface area (Å²) in [5.74, 6) is -1.89. The maximum Gasteiger partial charge on any atom is 0.401 e. The van der Waals surface area contributed by atoms with Gasteiger partial charge < -0.3 is 16.0 Å². The van der Waals surface area contributed by atoms with E-state index in [0.29, 0.717) is 6.42 Å². The Morgan fingerprint density at radius 2 is 1.82 bits per heavy atom. The minimum atomic E-state index is -4.48. The Balaban J connectivity index is 0.00000281. The molecule has 1 spiro atoms. The molecule has 0 bridgehead atoms. The van der Waals surface area contributed by atoms with Gasteiger partial charge in [0.05, 0.1) is 25.2 Å². The number of alkyl halides is 3. The molecule has 1 heterocycles. The molecule has 1 saturated heterocycles. The SMILES string of the molecule is CC.CC(C)(C)C(NCC(F)(F)F)C(=O)NCC(=O)NC(C#N)CC1CCC2(CCC2)NC1=O. The highest BCUT2D eigenvalue weighted by Gasteiger charge is 2.44. The van der Waals surface area contributed by atoms with Gasteiger partial charge in [0, 0.05) is 11.5 Å². The molecule has 1 saturated carbocycles. The molecule has 3 atom stereocenters. The van der Waals surface area contributed by atoms with E-state index < -0.39 is 48.6 Å². The van der Waals surface area contributed by atoms with Crippen molar-refractivity contribution in [2.24, 2.45) is 11.3 Å². The van der Waals surface area contributed by atoms with Crippen molar-refractivity contribution in [3.8, 4) is 6.07 Å². The van der Waals surface area contributed by atoms with Crippen LogP contribution in [-0.2, 0) is 14.4 Å². The van der Waals surface area contributed by atoms with Crippen LogP contribution in [-0.4, -0.2) is 54.6 Å². The van der Waals surface area contributed by atoms with E-state index >= 15 is 0 Å². The molecule has 34 heavy (non-hydrogen) atoms. The summed E-state index contributed by atoms with van der Waals surface area (Å²) in [5, 5.41) is 19.4. The molecule has 3 unspecified atom stereocenters. The van der Waals surface area contributed by atoms with Crippen molar-refractivity contribution in [3.05, 3.63) is 0 Å². The highest BCUT2D eigenvalue weighted by atomic mass is 19.4. The number of nitrogens with zero attached hydrogens (tertiary/aromatic N) is 1. The lowest BCUT2D eigenvalue weighted by molar-refractivity contribution is -0.136. The molecule has 1 aliphatic carbocycles. The Labute approximate surface area is 199 Å². The number of amides is 3. The highest BCUT2D eigenvalue weighted by Crippen LogP contribution is 2.40. The number of nitrogens with one attached hydrogen (secondary N) is 4. The fourth-order valence-electron chi connectivity index (χ4n) is 4.16. The van der Waals surface area contributed by atoms with Gasteiger partial charge in [0.25, 0.3) is 0 Å². The van der Waals surface area contributed by atoms with Crippen molar-refractivity contribution in [2.75, 3.05) is 13.1 Å². The number of carbonyl (C=O) groups is 3. The van der Waals surface area contributed by atoms with Crippen molar-refractivity contribution >= 4 is 17.7 Å². The zero-order valence-electron chi connectivity index (χ0n) is 20.7. The number of rotatable bonds is 8. The summed E-state index contributed by atoms with van der Waals surface area (Å²) in [6.45, 7) is 6.99. The number of nitriles is 1. The van der Waals surface area contributed by atoms with Crippen molar-refractivity contribution in [1.29, 1.82) is 5.26 Å². The predicted molar refractivity (Wildman–Crippen MR) is 121 cm³/mol. The molecule has 2 fully saturated rings. The summed E-state index contributed by atoms with van der Waals surface area (Å²) in [4.78, 5) is 37.0. The predicted octanol–water partition coefficient (Wildman–Crippen LogP) is 2.54. The summed E-state index contributed by atoms with van der Waals surface area (Å²) in [6, 6.07) is -0.123. The Kier molecular flexibility index (Phi) is 10.8. The molecule has 0 radical (unpaired) electrons. The van der Waals surface area contributed by atoms with Crippen LogP contribution >= 0.6 is 0 Å². The zero-order valence-corrected chi connectivity index (χ0v) is 20.7. The smallest absolute Gasteiger partial charge is 0.350 e. The highest BCUT2D eigenvalue weighted by molar-refractivity contribution is 5.88. The van der Waals surface area contributed by atoms with Gasteiger partial charge in [-0.2, -0.15) is 18.4 Å². The van der Waals surface area contributed by atoms with Gasteiger partial charge in [-0.15, -0.1) is 0 Å². The van der Waals surface area contributed by atoms with Gasteiger partial charge in [0.2, 0.25) is 17.7 Å². The quantitative estimate of drug-likeness (QED) is 0.417. The van der Waals surface area contributed by atoms with E-state index in [0.717, 1.165) is 25.7 Å². The van der Waals surface area contributed by atoms with Crippen molar-refractivity contribution in [1.82, 2.24) is 21.3 Å². The first-order valence-corrected chi connectivity index (χ1v) is 11.8. The molecule has 4 N–H and O–H groups in total. The number of carbonyl (C=O) groups excluding carboxylic acids is 3. The largest absolute Gasteiger partial charge is 0.401 e. The molecule has 1 aliphatic heterocycles. The lowest BCUT2D eigenvalue weighted by Gasteiger charge is -2.47. The second-order valence-corrected chi connectivity index (χ2v) is 9.86. The molecule has 2 rings (SSSR count). The van der Waals surface area contributed by atoms with E-state index in [4.69, 9.17) is 0 Å². The van der Waals surface area contributed by atoms with Crippen molar-refractivity contribution in [3.63, 3.8) is 0 Å². The summed E-state index contributed by atoms with van der Waals surface area (Å²) in [6.07, 6.45) is 0.212. The van der Waals surface area contributed by atoms with Gasteiger partial charge in [-0.25, -0.2) is 0 Å². The average Bonchev–Trinajstić information content (AvgIpc) is 2.71. The van der Waals surface area contributed by atoms with Gasteiger partial charge in [-0.1, -0.05) is 34.6 Å². The Bertz CT molecular complexity index is 754. The third-order valence-electron chi connectivity index (χ3n) is 6.11. The molecule has 11 heteroatoms. The van der Waals surface area contributed by atoms with E-state index in [9.17, 15) is 32.8 Å². The van der Waals surface area contributed by atoms with Gasteiger partial charge in [-0.05, 0) is 43.9 Å². The number of halogens is 3. The van der Waals surface area contributed by atoms with Gasteiger partial charge in [0.1, 0.15) is 6.04 Å². The first kappa shape index (κ1) is 29.7. The standard InChI is InChI=1S/C21H32F3N5O3.C2H6/c1-19(2,3)16(27-12-21(22,23)24)18(32)26-11-15(30)28-14(10-25)9-13-5-8-20(6-4-7-20)29-17(13)31;1-2/h13-14,16,27H,4-9,11-12H2,1-3H3,(H,26,32)(H,28,30)(H,29,31);1-2H3. The Morgan fingerprint density at radius 1 is 1.21 bits per heavy atom. The zero-order chi connectivity index (χ0) is 26.2. The van der Waals surface area contributed by atoms with Gasteiger partial charge >= 0.3 is 6.18 Å². The normalized spacial score (nSPS) is 21.0. The summed E-state index contributed by atoms with van der Waals surface area (Å²) in [7, 11) is 0. The maximum absolute atomic E-state index is 12.5. The van der Waals surface area contributed by atoms with Gasteiger partial charge in [-0.3, -0.25) is 19.7 Å². The molecule has 0 aromatic carbocycles. The molecule has 194 valence electrons. The molecule has 8 nitrogen and oxygen atoms in total. The Morgan fingerprint density at radius 3 is 2.26 bits per heavy atom. The number of piperidine rings is 1. The monoisotopic (exact) mass is 489 g/mol. The van der Waals surface area contributed by atoms with Crippen LogP contribution in [0, 0.1) is 22.7 Å². The average molecular weight is 490 g/mol. The van der Waals surface area contributed by atoms with Crippen molar-refractivity contribution in [2.45, 2.75) is 96.9 Å². The van der Waals surface area contributed by atoms with Crippen LogP contribution in [0.15, 0.2) is 0 Å². The van der Waals surface area contributed by atoms with E-state index in [-0.39, 0.29) is 23.8 Å². The van der Waals surface area contributed by atoms with Crippen LogP contribution in [0.5, 0.6) is 0 Å². The first-order valence-electron chi connectivity index (χ1n) is 11.8. The van der Waals surface area contributed by atoms with E-state index in [2.05, 4.69) is 21.3 Å². The summed E-state index contributed by atoms with van der Waals surface area (Å²) < 4.78 is 37.6. The van der Waals surface area contributed by atoms with Gasteiger partial charge in [0.15, 0.2) is 0 Å². The Hall–Kier alpha value is -2.35. The van der Waals surface area contributed by atoms with E-state index in [1.165, 1.54) is 0 Å². The van der Waals surface area contributed by atoms with Crippen LogP contribution in [0.1, 0.15) is 73.1 Å². The number of hydrogen-bond acceptors (Lipinski definition) is 5. The van der Waals surface area contributed by atoms with E-state index in [1.54, 1.807) is 20.8 Å². The molecule has 3 amide bonds. The third kappa shape index (κ3) is 9.12. The minimum Gasteiger partial charge on any atom is -0.350 e. The second-order valence-electron chi connectivity index (χ2n) is 9.86. The number of hydrogen-bond donors (Lipinski definition) is 4. The van der Waals surface area contributed by atoms with Crippen LogP contribution < -0.4 is 21.3 Å². The topological polar surface area (TPSA) is 123 Å². The molecule has 0 aromatic rings. The lowest BCUT2D eigenvalue weighted by atomic mass is 9.69. The summed E-state index contributed by atoms with van der Waals surface area (Å²) >= 11 is 0. The molecule has 2 aliphatic rings. The van der Waals surface area contributed by atoms with Crippen LogP contribution in [0.4, 0.5) is 13.2 Å². The van der Waals surface area contributed by atoms with Crippen LogP contribution in [0.2, 0.25) is 0 Å². The first-order chi connectivity index (χ1) is 15.7. The second kappa shape index (κ2) is 12.4. The maximum atomic E-state index is 12.5. The lowest BCUT2D eigenvalue weighted by Crippen LogP contribution is -2.59. The molecular formula is C23H38F3N5O3. The van der Waals surface area contributed by atoms with Crippen molar-refractivity contribution < 1.29 is 27.6 Å². The fraction of sp³-hybridized carbons (Fsp3) is 0.826.